The molecule has 0 spiro atoms. The molecular formula is C22H24N2O2. The third-order valence-electron chi connectivity index (χ3n) is 3.94. The molecule has 0 atom stereocenters. The van der Waals surface area contributed by atoms with Crippen LogP contribution in [-0.2, 0) is 5.41 Å². The molecule has 4 N–H and O–H groups in total. The van der Waals surface area contributed by atoms with Crippen LogP contribution in [0.2, 0.25) is 0 Å². The third kappa shape index (κ3) is 4.28. The number of nitrogen functional groups attached to an aromatic ring is 2. The summed E-state index contributed by atoms with van der Waals surface area (Å²) in [6, 6.07) is 20.6. The van der Waals surface area contributed by atoms with E-state index in [-0.39, 0.29) is 5.41 Å². The number of benzene rings is 3. The molecule has 0 aliphatic carbocycles. The summed E-state index contributed by atoms with van der Waals surface area (Å²) in [6.07, 6.45) is 0. The summed E-state index contributed by atoms with van der Waals surface area (Å²) in [5, 5.41) is 0. The monoisotopic (exact) mass is 348 g/mol. The van der Waals surface area contributed by atoms with Crippen LogP contribution < -0.4 is 20.9 Å². The number of nitrogens with two attached hydrogens (primary N) is 2. The number of ether oxygens (including phenoxy) is 2. The summed E-state index contributed by atoms with van der Waals surface area (Å²) in [5.41, 5.74) is 13.9. The van der Waals surface area contributed by atoms with Gasteiger partial charge in [0.1, 0.15) is 23.0 Å². The van der Waals surface area contributed by atoms with Gasteiger partial charge in [0.25, 0.3) is 0 Å². The molecule has 26 heavy (non-hydrogen) atoms. The van der Waals surface area contributed by atoms with E-state index in [0.29, 0.717) is 22.9 Å². The Hall–Kier alpha value is -3.14. The van der Waals surface area contributed by atoms with Crippen molar-refractivity contribution in [2.75, 3.05) is 11.5 Å². The quantitative estimate of drug-likeness (QED) is 0.590. The fourth-order valence-corrected chi connectivity index (χ4v) is 2.67. The molecule has 3 aromatic rings. The molecule has 0 heterocycles. The highest BCUT2D eigenvalue weighted by Crippen LogP contribution is 2.38. The van der Waals surface area contributed by atoms with Gasteiger partial charge in [-0.3, -0.25) is 0 Å². The minimum absolute atomic E-state index is 0.120. The van der Waals surface area contributed by atoms with Crippen molar-refractivity contribution >= 4 is 11.4 Å². The van der Waals surface area contributed by atoms with E-state index >= 15 is 0 Å². The van der Waals surface area contributed by atoms with Crippen LogP contribution in [0.4, 0.5) is 11.4 Å². The Balaban J connectivity index is 1.93. The van der Waals surface area contributed by atoms with Crippen molar-refractivity contribution in [2.45, 2.75) is 26.2 Å². The van der Waals surface area contributed by atoms with Crippen LogP contribution in [0.1, 0.15) is 26.3 Å². The lowest BCUT2D eigenvalue weighted by Gasteiger charge is -2.23. The van der Waals surface area contributed by atoms with Crippen LogP contribution >= 0.6 is 0 Å². The molecule has 0 saturated heterocycles. The summed E-state index contributed by atoms with van der Waals surface area (Å²) in [7, 11) is 0. The highest BCUT2D eigenvalue weighted by atomic mass is 16.5. The van der Waals surface area contributed by atoms with Crippen LogP contribution in [-0.4, -0.2) is 0 Å². The van der Waals surface area contributed by atoms with E-state index in [1.54, 1.807) is 6.07 Å². The van der Waals surface area contributed by atoms with Crippen molar-refractivity contribution in [1.29, 1.82) is 0 Å². The molecule has 0 aromatic heterocycles. The summed E-state index contributed by atoms with van der Waals surface area (Å²) in [6.45, 7) is 6.41. The molecular weight excluding hydrogens is 324 g/mol. The Bertz CT molecular complexity index is 914. The Morgan fingerprint density at radius 2 is 1.19 bits per heavy atom. The maximum Gasteiger partial charge on any atom is 0.131 e. The first kappa shape index (κ1) is 17.7. The zero-order valence-corrected chi connectivity index (χ0v) is 15.3. The molecule has 134 valence electrons. The summed E-state index contributed by atoms with van der Waals surface area (Å²) in [4.78, 5) is 0. The molecule has 0 unspecified atom stereocenters. The lowest BCUT2D eigenvalue weighted by Crippen LogP contribution is -2.12. The van der Waals surface area contributed by atoms with E-state index in [9.17, 15) is 0 Å². The Kier molecular flexibility index (Phi) is 4.76. The molecule has 4 nitrogen and oxygen atoms in total. The largest absolute Gasteiger partial charge is 0.457 e. The van der Waals surface area contributed by atoms with Crippen molar-refractivity contribution in [3.8, 4) is 23.0 Å². The normalized spacial score (nSPS) is 11.2. The minimum atomic E-state index is -0.120. The fourth-order valence-electron chi connectivity index (χ4n) is 2.67. The highest BCUT2D eigenvalue weighted by molar-refractivity contribution is 5.50. The van der Waals surface area contributed by atoms with Crippen molar-refractivity contribution in [3.05, 3.63) is 72.3 Å². The van der Waals surface area contributed by atoms with Crippen molar-refractivity contribution in [1.82, 2.24) is 0 Å². The van der Waals surface area contributed by atoms with Gasteiger partial charge in [0.2, 0.25) is 0 Å². The fraction of sp³-hybridized carbons (Fsp3) is 0.182. The zero-order valence-electron chi connectivity index (χ0n) is 15.3. The second kappa shape index (κ2) is 7.00. The van der Waals surface area contributed by atoms with Gasteiger partial charge in [0, 0.05) is 29.1 Å². The molecule has 0 radical (unpaired) electrons. The van der Waals surface area contributed by atoms with Crippen molar-refractivity contribution < 1.29 is 9.47 Å². The number of rotatable bonds is 4. The third-order valence-corrected chi connectivity index (χ3v) is 3.94. The van der Waals surface area contributed by atoms with E-state index < -0.39 is 0 Å². The van der Waals surface area contributed by atoms with E-state index in [1.165, 1.54) is 0 Å². The summed E-state index contributed by atoms with van der Waals surface area (Å²) >= 11 is 0. The molecule has 0 amide bonds. The molecule has 3 rings (SSSR count). The van der Waals surface area contributed by atoms with Crippen LogP contribution in [0, 0.1) is 0 Å². The van der Waals surface area contributed by atoms with Gasteiger partial charge in [0.05, 0.1) is 0 Å². The maximum absolute atomic E-state index is 6.09. The average Bonchev–Trinajstić information content (AvgIpc) is 2.55. The Labute approximate surface area is 154 Å². The molecule has 0 aliphatic rings. The molecule has 0 bridgehead atoms. The second-order valence-electron chi connectivity index (χ2n) is 7.26. The molecule has 0 saturated carbocycles. The smallest absolute Gasteiger partial charge is 0.131 e. The van der Waals surface area contributed by atoms with Crippen LogP contribution in [0.15, 0.2) is 66.7 Å². The van der Waals surface area contributed by atoms with Crippen molar-refractivity contribution in [3.63, 3.8) is 0 Å². The Morgan fingerprint density at radius 1 is 0.654 bits per heavy atom. The van der Waals surface area contributed by atoms with E-state index in [2.05, 4.69) is 20.8 Å². The van der Waals surface area contributed by atoms with Gasteiger partial charge in [-0.15, -0.1) is 0 Å². The molecule has 3 aromatic carbocycles. The second-order valence-corrected chi connectivity index (χ2v) is 7.26. The average molecular weight is 348 g/mol. The van der Waals surface area contributed by atoms with Gasteiger partial charge in [-0.05, 0) is 47.9 Å². The SMILES string of the molecule is CC(C)(C)c1cc(Oc2cccc(N)c2)ccc1Oc1cccc(N)c1. The van der Waals surface area contributed by atoms with Gasteiger partial charge in [-0.1, -0.05) is 32.9 Å². The predicted molar refractivity (Wildman–Crippen MR) is 107 cm³/mol. The van der Waals surface area contributed by atoms with Gasteiger partial charge < -0.3 is 20.9 Å². The first-order valence-corrected chi connectivity index (χ1v) is 8.52. The van der Waals surface area contributed by atoms with Crippen molar-refractivity contribution in [2.24, 2.45) is 0 Å². The highest BCUT2D eigenvalue weighted by Gasteiger charge is 2.21. The van der Waals surface area contributed by atoms with Crippen LogP contribution in [0.3, 0.4) is 0 Å². The standard InChI is InChI=1S/C22H24N2O2/c1-22(2,3)20-14-19(25-17-8-4-6-15(23)12-17)10-11-21(20)26-18-9-5-7-16(24)13-18/h4-14H,23-24H2,1-3H3. The lowest BCUT2D eigenvalue weighted by molar-refractivity contribution is 0.445. The summed E-state index contributed by atoms with van der Waals surface area (Å²) < 4.78 is 12.0. The first-order chi connectivity index (χ1) is 12.3. The Morgan fingerprint density at radius 3 is 1.73 bits per heavy atom. The van der Waals surface area contributed by atoms with Gasteiger partial charge in [0.15, 0.2) is 0 Å². The molecule has 0 fully saturated rings. The molecule has 4 heteroatoms. The minimum Gasteiger partial charge on any atom is -0.457 e. The predicted octanol–water partition coefficient (Wildman–Crippen LogP) is 5.73. The summed E-state index contributed by atoms with van der Waals surface area (Å²) in [5.74, 6) is 2.93. The maximum atomic E-state index is 6.09. The van der Waals surface area contributed by atoms with Gasteiger partial charge >= 0.3 is 0 Å². The van der Waals surface area contributed by atoms with Crippen LogP contribution in [0.5, 0.6) is 23.0 Å². The molecule has 0 aliphatic heterocycles. The van der Waals surface area contributed by atoms with Gasteiger partial charge in [-0.25, -0.2) is 0 Å². The number of hydrogen-bond acceptors (Lipinski definition) is 4. The topological polar surface area (TPSA) is 70.5 Å². The zero-order chi connectivity index (χ0) is 18.7. The number of anilines is 2. The van der Waals surface area contributed by atoms with E-state index in [0.717, 1.165) is 17.1 Å². The first-order valence-electron chi connectivity index (χ1n) is 8.52. The van der Waals surface area contributed by atoms with Gasteiger partial charge in [-0.2, -0.15) is 0 Å². The van der Waals surface area contributed by atoms with E-state index in [4.69, 9.17) is 20.9 Å². The lowest BCUT2D eigenvalue weighted by atomic mass is 9.86. The van der Waals surface area contributed by atoms with Crippen LogP contribution in [0.25, 0.3) is 0 Å². The van der Waals surface area contributed by atoms with E-state index in [1.807, 2.05) is 60.7 Å². The number of hydrogen-bond donors (Lipinski definition) is 2.